The molecule has 0 saturated carbocycles. The molecule has 1 unspecified atom stereocenters. The number of hydrogen-bond acceptors (Lipinski definition) is 4. The fraction of sp³-hybridized carbons (Fsp3) is 1.00. The molecule has 0 aliphatic rings. The fourth-order valence-electron chi connectivity index (χ4n) is 0.871. The SMILES string of the molecule is CO[Si](C)(O)CCCNCCN. The Kier molecular flexibility index (Phi) is 6.59. The van der Waals surface area contributed by atoms with E-state index in [0.29, 0.717) is 6.54 Å². The normalized spacial score (nSPS) is 16.0. The summed E-state index contributed by atoms with van der Waals surface area (Å²) in [5, 5.41) is 3.16. The van der Waals surface area contributed by atoms with Crippen LogP contribution in [0.2, 0.25) is 12.6 Å². The first kappa shape index (κ1) is 12.1. The second kappa shape index (κ2) is 6.56. The second-order valence-electron chi connectivity index (χ2n) is 3.02. The summed E-state index contributed by atoms with van der Waals surface area (Å²) < 4.78 is 4.99. The Labute approximate surface area is 75.4 Å². The van der Waals surface area contributed by atoms with Gasteiger partial charge in [-0.05, 0) is 25.6 Å². The van der Waals surface area contributed by atoms with Gasteiger partial charge in [-0.25, -0.2) is 0 Å². The van der Waals surface area contributed by atoms with Crippen LogP contribution < -0.4 is 11.1 Å². The summed E-state index contributed by atoms with van der Waals surface area (Å²) in [4.78, 5) is 9.54. The molecule has 74 valence electrons. The average Bonchev–Trinajstić information content (AvgIpc) is 2.04. The van der Waals surface area contributed by atoms with Crippen molar-refractivity contribution in [3.05, 3.63) is 0 Å². The molecule has 4 nitrogen and oxygen atoms in total. The predicted octanol–water partition coefficient (Wildman–Crippen LogP) is -0.364. The Morgan fingerprint density at radius 3 is 2.67 bits per heavy atom. The minimum absolute atomic E-state index is 0.665. The third kappa shape index (κ3) is 6.75. The third-order valence-corrected chi connectivity index (χ3v) is 3.92. The van der Waals surface area contributed by atoms with Crippen molar-refractivity contribution >= 4 is 8.56 Å². The Hall–Kier alpha value is 0.0569. The fourth-order valence-corrected chi connectivity index (χ4v) is 1.91. The number of hydrogen-bond donors (Lipinski definition) is 3. The maximum absolute atomic E-state index is 9.54. The molecule has 0 saturated heterocycles. The Balaban J connectivity index is 3.19. The maximum Gasteiger partial charge on any atom is 0.332 e. The van der Waals surface area contributed by atoms with Gasteiger partial charge in [0.1, 0.15) is 0 Å². The first-order chi connectivity index (χ1) is 5.62. The molecule has 0 aromatic rings. The van der Waals surface area contributed by atoms with E-state index in [-0.39, 0.29) is 0 Å². The lowest BCUT2D eigenvalue weighted by Crippen LogP contribution is -2.34. The molecule has 4 N–H and O–H groups in total. The first-order valence-electron chi connectivity index (χ1n) is 4.30. The van der Waals surface area contributed by atoms with E-state index in [0.717, 1.165) is 25.6 Å². The van der Waals surface area contributed by atoms with Crippen molar-refractivity contribution in [2.75, 3.05) is 26.7 Å². The summed E-state index contributed by atoms with van der Waals surface area (Å²) in [6.45, 7) is 4.22. The molecule has 0 bridgehead atoms. The second-order valence-corrected chi connectivity index (χ2v) is 6.28. The quantitative estimate of drug-likeness (QED) is 0.380. The number of nitrogens with two attached hydrogens (primary N) is 1. The van der Waals surface area contributed by atoms with Gasteiger partial charge in [0.15, 0.2) is 0 Å². The van der Waals surface area contributed by atoms with Crippen LogP contribution in [0.3, 0.4) is 0 Å². The smallest absolute Gasteiger partial charge is 0.332 e. The monoisotopic (exact) mass is 192 g/mol. The lowest BCUT2D eigenvalue weighted by Gasteiger charge is -2.16. The molecule has 0 aliphatic heterocycles. The Morgan fingerprint density at radius 2 is 2.17 bits per heavy atom. The van der Waals surface area contributed by atoms with Crippen LogP contribution in [0.1, 0.15) is 6.42 Å². The predicted molar refractivity (Wildman–Crippen MR) is 52.2 cm³/mol. The lowest BCUT2D eigenvalue weighted by atomic mass is 10.5. The minimum atomic E-state index is -2.31. The molecular weight excluding hydrogens is 172 g/mol. The van der Waals surface area contributed by atoms with E-state index in [1.54, 1.807) is 13.7 Å². The van der Waals surface area contributed by atoms with Crippen LogP contribution in [0.5, 0.6) is 0 Å². The highest BCUT2D eigenvalue weighted by molar-refractivity contribution is 6.64. The van der Waals surface area contributed by atoms with Gasteiger partial charge in [0, 0.05) is 20.2 Å². The summed E-state index contributed by atoms with van der Waals surface area (Å²) in [6, 6.07) is 0.779. The van der Waals surface area contributed by atoms with Gasteiger partial charge in [-0.2, -0.15) is 0 Å². The van der Waals surface area contributed by atoms with E-state index >= 15 is 0 Å². The van der Waals surface area contributed by atoms with E-state index in [9.17, 15) is 4.80 Å². The van der Waals surface area contributed by atoms with Gasteiger partial charge in [-0.15, -0.1) is 0 Å². The van der Waals surface area contributed by atoms with Gasteiger partial charge in [0.25, 0.3) is 0 Å². The zero-order valence-corrected chi connectivity index (χ0v) is 8.97. The summed E-state index contributed by atoms with van der Waals surface area (Å²) >= 11 is 0. The Bertz CT molecular complexity index is 112. The molecule has 0 rings (SSSR count). The summed E-state index contributed by atoms with van der Waals surface area (Å²) in [6.07, 6.45) is 0.951. The van der Waals surface area contributed by atoms with Crippen molar-refractivity contribution in [3.8, 4) is 0 Å². The van der Waals surface area contributed by atoms with Crippen LogP contribution in [0.25, 0.3) is 0 Å². The highest BCUT2D eigenvalue weighted by atomic mass is 28.4. The lowest BCUT2D eigenvalue weighted by molar-refractivity contribution is 0.295. The molecule has 0 fully saturated rings. The molecule has 0 heterocycles. The standard InChI is InChI=1S/C7H20N2O2Si/c1-11-12(2,10)7-3-5-9-6-4-8/h9-10H,3-8H2,1-2H3. The van der Waals surface area contributed by atoms with Gasteiger partial charge in [-0.3, -0.25) is 0 Å². The third-order valence-electron chi connectivity index (χ3n) is 1.76. The van der Waals surface area contributed by atoms with E-state index < -0.39 is 8.56 Å². The van der Waals surface area contributed by atoms with Gasteiger partial charge in [0.2, 0.25) is 0 Å². The van der Waals surface area contributed by atoms with E-state index in [1.807, 2.05) is 0 Å². The van der Waals surface area contributed by atoms with E-state index in [2.05, 4.69) is 5.32 Å². The van der Waals surface area contributed by atoms with Gasteiger partial charge >= 0.3 is 8.56 Å². The van der Waals surface area contributed by atoms with Crippen molar-refractivity contribution in [3.63, 3.8) is 0 Å². The largest absolute Gasteiger partial charge is 0.411 e. The Morgan fingerprint density at radius 1 is 1.50 bits per heavy atom. The molecule has 0 aromatic heterocycles. The molecule has 0 spiro atoms. The zero-order chi connectivity index (χ0) is 9.45. The van der Waals surface area contributed by atoms with Gasteiger partial charge in [0.05, 0.1) is 0 Å². The highest BCUT2D eigenvalue weighted by Crippen LogP contribution is 2.07. The van der Waals surface area contributed by atoms with Crippen LogP contribution >= 0.6 is 0 Å². The molecule has 5 heteroatoms. The topological polar surface area (TPSA) is 67.5 Å². The maximum atomic E-state index is 9.54. The van der Waals surface area contributed by atoms with Crippen LogP contribution in [0.15, 0.2) is 0 Å². The molecule has 0 amide bonds. The van der Waals surface area contributed by atoms with Crippen LogP contribution in [-0.2, 0) is 4.43 Å². The zero-order valence-electron chi connectivity index (χ0n) is 7.97. The van der Waals surface area contributed by atoms with Crippen LogP contribution in [0, 0.1) is 0 Å². The summed E-state index contributed by atoms with van der Waals surface area (Å²) in [5.41, 5.74) is 5.29. The number of rotatable bonds is 7. The molecular formula is C7H20N2O2Si. The number of nitrogens with one attached hydrogen (secondary N) is 1. The van der Waals surface area contributed by atoms with Gasteiger partial charge in [-0.1, -0.05) is 0 Å². The van der Waals surface area contributed by atoms with Crippen molar-refractivity contribution in [2.24, 2.45) is 5.73 Å². The van der Waals surface area contributed by atoms with Gasteiger partial charge < -0.3 is 20.3 Å². The van der Waals surface area contributed by atoms with Crippen molar-refractivity contribution in [1.82, 2.24) is 5.32 Å². The minimum Gasteiger partial charge on any atom is -0.411 e. The average molecular weight is 192 g/mol. The molecule has 12 heavy (non-hydrogen) atoms. The van der Waals surface area contributed by atoms with E-state index in [4.69, 9.17) is 10.2 Å². The van der Waals surface area contributed by atoms with E-state index in [1.165, 1.54) is 0 Å². The summed E-state index contributed by atoms with van der Waals surface area (Å²) in [7, 11) is -0.740. The van der Waals surface area contributed by atoms with Crippen molar-refractivity contribution in [1.29, 1.82) is 0 Å². The van der Waals surface area contributed by atoms with Crippen LogP contribution in [0.4, 0.5) is 0 Å². The molecule has 1 atom stereocenters. The highest BCUT2D eigenvalue weighted by Gasteiger charge is 2.23. The first-order valence-corrected chi connectivity index (χ1v) is 6.87. The molecule has 0 radical (unpaired) electrons. The van der Waals surface area contributed by atoms with Crippen molar-refractivity contribution in [2.45, 2.75) is 19.0 Å². The van der Waals surface area contributed by atoms with Crippen LogP contribution in [-0.4, -0.2) is 40.1 Å². The molecule has 0 aliphatic carbocycles. The summed E-state index contributed by atoms with van der Waals surface area (Å²) in [5.74, 6) is 0. The van der Waals surface area contributed by atoms with Crippen molar-refractivity contribution < 1.29 is 9.22 Å². The molecule has 0 aromatic carbocycles.